The molecule has 2 aromatic rings. The van der Waals surface area contributed by atoms with Crippen LogP contribution in [0, 0.1) is 35.0 Å². The SMILES string of the molecule is CC(C)C(=O)OCC1O[C@@](C#N)(c2ccc3c(N)ncnn23)[C@H](O)[C@@H]1C(C(=O)O)C(C)C. The first kappa shape index (κ1) is 23.4. The number of rotatable bonds is 7. The van der Waals surface area contributed by atoms with E-state index < -0.39 is 53.4 Å². The van der Waals surface area contributed by atoms with Crippen LogP contribution in [0.15, 0.2) is 18.5 Å². The fourth-order valence-corrected chi connectivity index (χ4v) is 4.26. The number of anilines is 1. The van der Waals surface area contributed by atoms with E-state index in [0.717, 1.165) is 0 Å². The summed E-state index contributed by atoms with van der Waals surface area (Å²) in [6, 6.07) is 5.12. The molecule has 0 amide bonds. The standard InChI is InChI=1S/C21H27N5O6/c1-10(2)15(19(28)29)16-13(7-31-20(30)11(3)4)32-21(8-22,17(16)27)14-6-5-12-18(23)24-9-25-26(12)14/h5-6,9-11,13,15-17,27H,7H2,1-4H3,(H,28,29)(H2,23,24,25)/t13?,15?,16-,17+,21-/m0/s1. The van der Waals surface area contributed by atoms with Crippen LogP contribution in [-0.4, -0.2) is 55.6 Å². The van der Waals surface area contributed by atoms with Gasteiger partial charge in [0, 0.05) is 5.92 Å². The third-order valence-corrected chi connectivity index (χ3v) is 5.86. The lowest BCUT2D eigenvalue weighted by atomic mass is 9.74. The smallest absolute Gasteiger partial charge is 0.308 e. The van der Waals surface area contributed by atoms with Gasteiger partial charge in [0.2, 0.25) is 5.60 Å². The maximum Gasteiger partial charge on any atom is 0.308 e. The number of ether oxygens (including phenoxy) is 2. The molecular weight excluding hydrogens is 418 g/mol. The van der Waals surface area contributed by atoms with Crippen molar-refractivity contribution in [2.75, 3.05) is 12.3 Å². The van der Waals surface area contributed by atoms with E-state index in [1.807, 2.05) is 6.07 Å². The van der Waals surface area contributed by atoms with Gasteiger partial charge >= 0.3 is 11.9 Å². The first-order valence-corrected chi connectivity index (χ1v) is 10.3. The average Bonchev–Trinajstić information content (AvgIpc) is 3.27. The molecule has 0 saturated carbocycles. The van der Waals surface area contributed by atoms with E-state index in [-0.39, 0.29) is 18.1 Å². The van der Waals surface area contributed by atoms with Gasteiger partial charge < -0.3 is 25.4 Å². The molecule has 5 atom stereocenters. The van der Waals surface area contributed by atoms with E-state index in [4.69, 9.17) is 15.2 Å². The molecule has 2 unspecified atom stereocenters. The minimum Gasteiger partial charge on any atom is -0.481 e. The van der Waals surface area contributed by atoms with Crippen molar-refractivity contribution in [3.63, 3.8) is 0 Å². The Bertz CT molecular complexity index is 1060. The van der Waals surface area contributed by atoms with Crippen LogP contribution >= 0.6 is 0 Å². The first-order valence-electron chi connectivity index (χ1n) is 10.3. The molecule has 0 spiro atoms. The highest BCUT2D eigenvalue weighted by Crippen LogP contribution is 2.47. The molecular formula is C21H27N5O6. The van der Waals surface area contributed by atoms with Crippen LogP contribution in [0.25, 0.3) is 5.52 Å². The molecule has 4 N–H and O–H groups in total. The molecule has 11 nitrogen and oxygen atoms in total. The second-order valence-electron chi connectivity index (χ2n) is 8.58. The summed E-state index contributed by atoms with van der Waals surface area (Å²) in [7, 11) is 0. The van der Waals surface area contributed by atoms with E-state index in [0.29, 0.717) is 5.52 Å². The van der Waals surface area contributed by atoms with Crippen LogP contribution < -0.4 is 5.73 Å². The summed E-state index contributed by atoms with van der Waals surface area (Å²) in [5.74, 6) is -4.37. The van der Waals surface area contributed by atoms with Crippen molar-refractivity contribution < 1.29 is 29.3 Å². The molecule has 0 aliphatic carbocycles. The minimum atomic E-state index is -1.96. The van der Waals surface area contributed by atoms with Crippen molar-refractivity contribution in [2.24, 2.45) is 23.7 Å². The van der Waals surface area contributed by atoms with Crippen LogP contribution in [0.1, 0.15) is 33.4 Å². The van der Waals surface area contributed by atoms with Crippen LogP contribution in [0.4, 0.5) is 5.82 Å². The van der Waals surface area contributed by atoms with Gasteiger partial charge in [0.05, 0.1) is 17.5 Å². The number of carboxylic acid groups (broad SMARTS) is 1. The summed E-state index contributed by atoms with van der Waals surface area (Å²) in [4.78, 5) is 28.1. The van der Waals surface area contributed by atoms with Gasteiger partial charge in [0.1, 0.15) is 36.7 Å². The minimum absolute atomic E-state index is 0.163. The Morgan fingerprint density at radius 1 is 1.38 bits per heavy atom. The molecule has 0 bridgehead atoms. The van der Waals surface area contributed by atoms with Crippen LogP contribution in [0.5, 0.6) is 0 Å². The third kappa shape index (κ3) is 3.76. The lowest BCUT2D eigenvalue weighted by molar-refractivity contribution is -0.155. The summed E-state index contributed by atoms with van der Waals surface area (Å²) in [5.41, 5.74) is 4.50. The van der Waals surface area contributed by atoms with Crippen molar-refractivity contribution in [3.8, 4) is 6.07 Å². The Morgan fingerprint density at radius 3 is 2.62 bits per heavy atom. The number of esters is 1. The predicted molar refractivity (Wildman–Crippen MR) is 111 cm³/mol. The molecule has 11 heteroatoms. The summed E-state index contributed by atoms with van der Waals surface area (Å²) in [6.07, 6.45) is -1.39. The number of aliphatic carboxylic acids is 1. The number of nitriles is 1. The van der Waals surface area contributed by atoms with Gasteiger partial charge in [-0.15, -0.1) is 0 Å². The number of fused-ring (bicyclic) bond motifs is 1. The lowest BCUT2D eigenvalue weighted by Crippen LogP contribution is -2.44. The highest BCUT2D eigenvalue weighted by atomic mass is 16.6. The van der Waals surface area contributed by atoms with Crippen molar-refractivity contribution in [1.82, 2.24) is 14.6 Å². The number of nitrogen functional groups attached to an aromatic ring is 1. The van der Waals surface area contributed by atoms with Gasteiger partial charge in [-0.1, -0.05) is 27.7 Å². The molecule has 1 aliphatic heterocycles. The van der Waals surface area contributed by atoms with E-state index in [2.05, 4.69) is 10.1 Å². The number of carbonyl (C=O) groups excluding carboxylic acids is 1. The van der Waals surface area contributed by atoms with Gasteiger partial charge in [0.25, 0.3) is 0 Å². The second-order valence-corrected chi connectivity index (χ2v) is 8.58. The summed E-state index contributed by atoms with van der Waals surface area (Å²) in [6.45, 7) is 6.42. The second kappa shape index (κ2) is 8.72. The molecule has 32 heavy (non-hydrogen) atoms. The number of nitrogens with two attached hydrogens (primary N) is 1. The molecule has 3 rings (SSSR count). The van der Waals surface area contributed by atoms with E-state index in [1.54, 1.807) is 33.8 Å². The predicted octanol–water partition coefficient (Wildman–Crippen LogP) is 0.962. The van der Waals surface area contributed by atoms with Gasteiger partial charge in [-0.3, -0.25) is 9.59 Å². The van der Waals surface area contributed by atoms with Crippen molar-refractivity contribution >= 4 is 23.3 Å². The molecule has 2 aromatic heterocycles. The zero-order valence-corrected chi connectivity index (χ0v) is 18.3. The number of aromatic nitrogens is 3. The number of hydrogen-bond acceptors (Lipinski definition) is 9. The average molecular weight is 445 g/mol. The summed E-state index contributed by atoms with van der Waals surface area (Å²) >= 11 is 0. The Kier molecular flexibility index (Phi) is 6.39. The number of carboxylic acids is 1. The highest BCUT2D eigenvalue weighted by Gasteiger charge is 2.61. The van der Waals surface area contributed by atoms with Crippen LogP contribution in [0.3, 0.4) is 0 Å². The summed E-state index contributed by atoms with van der Waals surface area (Å²) in [5, 5.41) is 35.5. The Balaban J connectivity index is 2.11. The van der Waals surface area contributed by atoms with E-state index in [9.17, 15) is 25.1 Å². The topological polar surface area (TPSA) is 173 Å². The number of nitrogens with zero attached hydrogens (tertiary/aromatic N) is 4. The molecule has 1 fully saturated rings. The van der Waals surface area contributed by atoms with Gasteiger partial charge in [0.15, 0.2) is 5.82 Å². The normalized spacial score (nSPS) is 26.4. The fourth-order valence-electron chi connectivity index (χ4n) is 4.26. The highest BCUT2D eigenvalue weighted by molar-refractivity contribution is 5.72. The molecule has 1 saturated heterocycles. The molecule has 3 heterocycles. The van der Waals surface area contributed by atoms with Crippen LogP contribution in [-0.2, 0) is 24.7 Å². The van der Waals surface area contributed by atoms with Crippen molar-refractivity contribution in [1.29, 1.82) is 5.26 Å². The van der Waals surface area contributed by atoms with Crippen LogP contribution in [0.2, 0.25) is 0 Å². The monoisotopic (exact) mass is 445 g/mol. The quantitative estimate of drug-likeness (QED) is 0.521. The van der Waals surface area contributed by atoms with Gasteiger partial charge in [-0.05, 0) is 18.1 Å². The van der Waals surface area contributed by atoms with Crippen molar-refractivity contribution in [3.05, 3.63) is 24.2 Å². The summed E-state index contributed by atoms with van der Waals surface area (Å²) < 4.78 is 12.7. The van der Waals surface area contributed by atoms with Gasteiger partial charge in [-0.2, -0.15) is 10.4 Å². The largest absolute Gasteiger partial charge is 0.481 e. The molecule has 0 aromatic carbocycles. The van der Waals surface area contributed by atoms with E-state index >= 15 is 0 Å². The number of carbonyl (C=O) groups is 2. The maximum absolute atomic E-state index is 12.1. The molecule has 0 radical (unpaired) electrons. The van der Waals surface area contributed by atoms with Gasteiger partial charge in [-0.25, -0.2) is 9.50 Å². The third-order valence-electron chi connectivity index (χ3n) is 5.86. The first-order chi connectivity index (χ1) is 15.0. The fraction of sp³-hybridized carbons (Fsp3) is 0.571. The number of hydrogen-bond donors (Lipinski definition) is 3. The molecule has 172 valence electrons. The Hall–Kier alpha value is -3.23. The number of aliphatic hydroxyl groups is 1. The maximum atomic E-state index is 12.1. The van der Waals surface area contributed by atoms with Crippen molar-refractivity contribution in [2.45, 2.75) is 45.5 Å². The zero-order valence-electron chi connectivity index (χ0n) is 18.3. The van der Waals surface area contributed by atoms with E-state index in [1.165, 1.54) is 16.9 Å². The Labute approximate surface area is 184 Å². The molecule has 1 aliphatic rings. The Morgan fingerprint density at radius 2 is 2.06 bits per heavy atom. The number of aliphatic hydroxyl groups excluding tert-OH is 1. The zero-order chi connectivity index (χ0) is 23.8. The lowest BCUT2D eigenvalue weighted by Gasteiger charge is -2.30.